The Labute approximate surface area is 147 Å². The Hall–Kier alpha value is -2.74. The summed E-state index contributed by atoms with van der Waals surface area (Å²) in [4.78, 5) is 15.6. The van der Waals surface area contributed by atoms with Crippen LogP contribution in [0.1, 0.15) is 24.6 Å². The Morgan fingerprint density at radius 3 is 2.96 bits per heavy atom. The van der Waals surface area contributed by atoms with Gasteiger partial charge in [-0.15, -0.1) is 0 Å². The van der Waals surface area contributed by atoms with Gasteiger partial charge in [-0.25, -0.2) is 9.50 Å². The third kappa shape index (κ3) is 2.48. The quantitative estimate of drug-likeness (QED) is 0.602. The average molecular weight is 359 g/mol. The molecule has 2 aliphatic rings. The van der Waals surface area contributed by atoms with Crippen molar-refractivity contribution in [3.05, 3.63) is 24.2 Å². The molecule has 2 fully saturated rings. The zero-order valence-electron chi connectivity index (χ0n) is 13.6. The van der Waals surface area contributed by atoms with Crippen LogP contribution in [0.25, 0.3) is 5.52 Å². The van der Waals surface area contributed by atoms with E-state index in [2.05, 4.69) is 10.1 Å². The lowest BCUT2D eigenvalue weighted by Crippen LogP contribution is -2.46. The number of carbonyl (C=O) groups is 1. The van der Waals surface area contributed by atoms with E-state index in [1.54, 1.807) is 12.1 Å². The number of nitrogen functional groups attached to an aromatic ring is 1. The summed E-state index contributed by atoms with van der Waals surface area (Å²) in [6.45, 7) is -0.464. The van der Waals surface area contributed by atoms with E-state index in [0.717, 1.165) is 12.8 Å². The molecule has 10 nitrogen and oxygen atoms in total. The number of nitrogens with zero attached hydrogens (tertiary/aromatic N) is 4. The van der Waals surface area contributed by atoms with Crippen LogP contribution < -0.4 is 5.73 Å². The fourth-order valence-electron chi connectivity index (χ4n) is 3.09. The van der Waals surface area contributed by atoms with Crippen molar-refractivity contribution < 1.29 is 24.5 Å². The van der Waals surface area contributed by atoms with Gasteiger partial charge in [-0.3, -0.25) is 4.79 Å². The minimum absolute atomic E-state index is 0.153. The van der Waals surface area contributed by atoms with Crippen molar-refractivity contribution in [3.63, 3.8) is 0 Å². The molecular formula is C16H17N5O5. The number of hydrogen-bond donors (Lipinski definition) is 3. The monoisotopic (exact) mass is 359 g/mol. The maximum Gasteiger partial charge on any atom is 0.309 e. The highest BCUT2D eigenvalue weighted by molar-refractivity contribution is 5.75. The second-order valence-electron chi connectivity index (χ2n) is 6.56. The van der Waals surface area contributed by atoms with Crippen LogP contribution in [0.15, 0.2) is 18.5 Å². The van der Waals surface area contributed by atoms with Crippen molar-refractivity contribution in [1.29, 1.82) is 5.26 Å². The predicted octanol–water partition coefficient (Wildman–Crippen LogP) is -0.680. The second-order valence-corrected chi connectivity index (χ2v) is 6.56. The molecule has 1 aliphatic carbocycles. The van der Waals surface area contributed by atoms with Gasteiger partial charge in [0.1, 0.15) is 42.8 Å². The summed E-state index contributed by atoms with van der Waals surface area (Å²) in [5.74, 6) is -0.342. The van der Waals surface area contributed by atoms with Crippen LogP contribution in [0.4, 0.5) is 5.82 Å². The Kier molecular flexibility index (Phi) is 3.80. The highest BCUT2D eigenvalue weighted by Crippen LogP contribution is 2.41. The molecule has 4 N–H and O–H groups in total. The zero-order chi connectivity index (χ0) is 18.5. The SMILES string of the molecule is N#C[C@]1(COC(=O)C2CC2)O[C@@H](c2ccc3c(N)ncnn23)[C@H](O)[C@@H]1O. The van der Waals surface area contributed by atoms with Gasteiger partial charge in [0.15, 0.2) is 5.82 Å². The highest BCUT2D eigenvalue weighted by atomic mass is 16.6. The Morgan fingerprint density at radius 1 is 1.50 bits per heavy atom. The smallest absolute Gasteiger partial charge is 0.309 e. The van der Waals surface area contributed by atoms with Crippen LogP contribution >= 0.6 is 0 Å². The molecule has 10 heteroatoms. The fraction of sp³-hybridized carbons (Fsp3) is 0.500. The van der Waals surface area contributed by atoms with Crippen molar-refractivity contribution in [3.8, 4) is 6.07 Å². The summed E-state index contributed by atoms with van der Waals surface area (Å²) in [6.07, 6.45) is -1.27. The first-order valence-corrected chi connectivity index (χ1v) is 8.17. The van der Waals surface area contributed by atoms with E-state index < -0.39 is 36.5 Å². The fourth-order valence-corrected chi connectivity index (χ4v) is 3.09. The van der Waals surface area contributed by atoms with Gasteiger partial charge < -0.3 is 25.4 Å². The number of ether oxygens (including phenoxy) is 2. The summed E-state index contributed by atoms with van der Waals surface area (Å²) in [5, 5.41) is 34.5. The van der Waals surface area contributed by atoms with Gasteiger partial charge in [-0.2, -0.15) is 10.4 Å². The molecule has 0 unspecified atom stereocenters. The number of nitriles is 1. The number of aliphatic hydroxyl groups is 2. The minimum Gasteiger partial charge on any atom is -0.461 e. The highest BCUT2D eigenvalue weighted by Gasteiger charge is 2.57. The van der Waals surface area contributed by atoms with Gasteiger partial charge in [0, 0.05) is 0 Å². The summed E-state index contributed by atoms with van der Waals surface area (Å²) in [5.41, 5.74) is 4.82. The van der Waals surface area contributed by atoms with E-state index in [1.165, 1.54) is 10.8 Å². The number of hydrogen-bond acceptors (Lipinski definition) is 9. The second kappa shape index (κ2) is 5.91. The van der Waals surface area contributed by atoms with Crippen molar-refractivity contribution in [2.75, 3.05) is 12.3 Å². The molecule has 0 amide bonds. The summed E-state index contributed by atoms with van der Waals surface area (Å²) in [6, 6.07) is 5.11. The average Bonchev–Trinajstić information content (AvgIpc) is 3.36. The number of fused-ring (bicyclic) bond motifs is 1. The molecular weight excluding hydrogens is 342 g/mol. The van der Waals surface area contributed by atoms with Gasteiger partial charge in [0.2, 0.25) is 5.60 Å². The molecule has 136 valence electrons. The van der Waals surface area contributed by atoms with Crippen molar-refractivity contribution in [2.24, 2.45) is 5.92 Å². The van der Waals surface area contributed by atoms with Crippen LogP contribution in [0.5, 0.6) is 0 Å². The van der Waals surface area contributed by atoms with Crippen molar-refractivity contribution >= 4 is 17.3 Å². The first kappa shape index (κ1) is 16.7. The molecule has 2 aromatic heterocycles. The summed E-state index contributed by atoms with van der Waals surface area (Å²) in [7, 11) is 0. The molecule has 3 heterocycles. The van der Waals surface area contributed by atoms with Crippen LogP contribution in [-0.4, -0.2) is 55.2 Å². The molecule has 4 atom stereocenters. The molecule has 2 aromatic rings. The normalized spacial score (nSPS) is 31.0. The molecule has 0 spiro atoms. The molecule has 0 aromatic carbocycles. The first-order chi connectivity index (χ1) is 12.5. The van der Waals surface area contributed by atoms with Crippen LogP contribution in [0.3, 0.4) is 0 Å². The van der Waals surface area contributed by atoms with Gasteiger partial charge in [0.05, 0.1) is 11.6 Å². The van der Waals surface area contributed by atoms with E-state index >= 15 is 0 Å². The maximum atomic E-state index is 11.8. The van der Waals surface area contributed by atoms with Crippen LogP contribution in [-0.2, 0) is 14.3 Å². The van der Waals surface area contributed by atoms with E-state index in [-0.39, 0.29) is 11.7 Å². The number of aromatic nitrogens is 3. The molecule has 1 saturated carbocycles. The third-order valence-electron chi connectivity index (χ3n) is 4.78. The molecule has 26 heavy (non-hydrogen) atoms. The Morgan fingerprint density at radius 2 is 2.27 bits per heavy atom. The van der Waals surface area contributed by atoms with Gasteiger partial charge in [-0.05, 0) is 25.0 Å². The van der Waals surface area contributed by atoms with Crippen LogP contribution in [0.2, 0.25) is 0 Å². The van der Waals surface area contributed by atoms with E-state index in [9.17, 15) is 20.3 Å². The predicted molar refractivity (Wildman–Crippen MR) is 85.3 cm³/mol. The number of anilines is 1. The van der Waals surface area contributed by atoms with Crippen molar-refractivity contribution in [2.45, 2.75) is 36.8 Å². The lowest BCUT2D eigenvalue weighted by molar-refractivity contribution is -0.156. The molecule has 1 aliphatic heterocycles. The number of esters is 1. The van der Waals surface area contributed by atoms with E-state index in [1.807, 2.05) is 6.07 Å². The largest absolute Gasteiger partial charge is 0.461 e. The lowest BCUT2D eigenvalue weighted by atomic mass is 9.96. The van der Waals surface area contributed by atoms with Gasteiger partial charge >= 0.3 is 5.97 Å². The van der Waals surface area contributed by atoms with E-state index in [0.29, 0.717) is 11.2 Å². The van der Waals surface area contributed by atoms with E-state index in [4.69, 9.17) is 15.2 Å². The maximum absolute atomic E-state index is 11.8. The third-order valence-corrected chi connectivity index (χ3v) is 4.78. The summed E-state index contributed by atoms with van der Waals surface area (Å²) >= 11 is 0. The zero-order valence-corrected chi connectivity index (χ0v) is 13.6. The number of rotatable bonds is 4. The standard InChI is InChI=1S/C16H17N5O5/c17-5-16(6-25-15(24)8-1-2-8)13(23)11(22)12(26-16)9-3-4-10-14(18)19-7-20-21(9)10/h3-4,7-8,11-13,22-23H,1-2,6H2,(H2,18,19,20)/t11-,12-,13-,16+/m0/s1. The molecule has 1 saturated heterocycles. The number of nitrogens with two attached hydrogens (primary N) is 1. The molecule has 0 radical (unpaired) electrons. The minimum atomic E-state index is -1.86. The van der Waals surface area contributed by atoms with Crippen LogP contribution in [0, 0.1) is 17.2 Å². The molecule has 0 bridgehead atoms. The van der Waals surface area contributed by atoms with Gasteiger partial charge in [0.25, 0.3) is 0 Å². The van der Waals surface area contributed by atoms with Crippen molar-refractivity contribution in [1.82, 2.24) is 14.6 Å². The number of aliphatic hydroxyl groups excluding tert-OH is 2. The van der Waals surface area contributed by atoms with Gasteiger partial charge in [-0.1, -0.05) is 0 Å². The molecule has 4 rings (SSSR count). The number of carbonyl (C=O) groups excluding carboxylic acids is 1. The Balaban J connectivity index is 1.62. The first-order valence-electron chi connectivity index (χ1n) is 8.17. The topological polar surface area (TPSA) is 156 Å². The lowest BCUT2D eigenvalue weighted by Gasteiger charge is -2.23. The Bertz CT molecular complexity index is 904. The summed E-state index contributed by atoms with van der Waals surface area (Å²) < 4.78 is 12.3.